The highest BCUT2D eigenvalue weighted by Crippen LogP contribution is 2.20. The van der Waals surface area contributed by atoms with Crippen LogP contribution in [0.3, 0.4) is 0 Å². The van der Waals surface area contributed by atoms with Crippen molar-refractivity contribution in [2.24, 2.45) is 0 Å². The predicted octanol–water partition coefficient (Wildman–Crippen LogP) is 2.79. The number of nitrogen functional groups attached to an aromatic ring is 1. The lowest BCUT2D eigenvalue weighted by Crippen LogP contribution is -2.31. The molecule has 0 unspecified atom stereocenters. The van der Waals surface area contributed by atoms with Gasteiger partial charge in [0.25, 0.3) is 0 Å². The molecule has 2 aromatic carbocycles. The van der Waals surface area contributed by atoms with Crippen LogP contribution in [0.4, 0.5) is 0 Å². The number of aromatic nitrogens is 3. The van der Waals surface area contributed by atoms with Crippen LogP contribution < -0.4 is 15.9 Å². The van der Waals surface area contributed by atoms with Gasteiger partial charge in [0.2, 0.25) is 11.1 Å². The van der Waals surface area contributed by atoms with Crippen molar-refractivity contribution >= 4 is 23.5 Å². The zero-order chi connectivity index (χ0) is 22.2. The monoisotopic (exact) mass is 439 g/mol. The van der Waals surface area contributed by atoms with Crippen LogP contribution >= 0.6 is 11.8 Å². The molecule has 0 aliphatic carbocycles. The van der Waals surface area contributed by atoms with E-state index >= 15 is 0 Å². The summed E-state index contributed by atoms with van der Waals surface area (Å²) >= 11 is 1.14. The second-order valence-corrected chi connectivity index (χ2v) is 8.08. The third-order valence-corrected chi connectivity index (χ3v) is 5.47. The number of benzene rings is 2. The Morgan fingerprint density at radius 1 is 1.10 bits per heavy atom. The Labute approximate surface area is 185 Å². The van der Waals surface area contributed by atoms with Crippen molar-refractivity contribution in [2.45, 2.75) is 31.5 Å². The second-order valence-electron chi connectivity index (χ2n) is 7.14. The van der Waals surface area contributed by atoms with E-state index in [2.05, 4.69) is 29.4 Å². The van der Waals surface area contributed by atoms with Crippen LogP contribution in [0.5, 0.6) is 5.75 Å². The molecule has 0 fully saturated rings. The Hall–Kier alpha value is -3.33. The number of carbonyl (C=O) groups is 2. The summed E-state index contributed by atoms with van der Waals surface area (Å²) in [6.45, 7) is 4.36. The molecule has 3 rings (SSSR count). The van der Waals surface area contributed by atoms with Gasteiger partial charge in [-0.05, 0) is 23.6 Å². The number of nitrogens with one attached hydrogen (secondary N) is 1. The van der Waals surface area contributed by atoms with Gasteiger partial charge < -0.3 is 15.9 Å². The van der Waals surface area contributed by atoms with E-state index in [1.165, 1.54) is 10.2 Å². The molecule has 0 saturated carbocycles. The van der Waals surface area contributed by atoms with Crippen LogP contribution in [0.2, 0.25) is 0 Å². The first-order valence-electron chi connectivity index (χ1n) is 9.84. The van der Waals surface area contributed by atoms with Crippen LogP contribution in [0.25, 0.3) is 0 Å². The van der Waals surface area contributed by atoms with Crippen LogP contribution in [0.1, 0.15) is 41.5 Å². The normalized spacial score (nSPS) is 10.8. The maximum absolute atomic E-state index is 12.0. The van der Waals surface area contributed by atoms with Gasteiger partial charge in [0.15, 0.2) is 11.6 Å². The van der Waals surface area contributed by atoms with E-state index in [1.54, 1.807) is 24.3 Å². The highest BCUT2D eigenvalue weighted by Gasteiger charge is 2.14. The smallest absolute Gasteiger partial charge is 0.230 e. The van der Waals surface area contributed by atoms with Gasteiger partial charge in [-0.2, -0.15) is 0 Å². The number of rotatable bonds is 10. The predicted molar refractivity (Wildman–Crippen MR) is 120 cm³/mol. The van der Waals surface area contributed by atoms with Crippen LogP contribution in [0, 0.1) is 0 Å². The summed E-state index contributed by atoms with van der Waals surface area (Å²) in [7, 11) is 0. The van der Waals surface area contributed by atoms with E-state index in [0.717, 1.165) is 11.8 Å². The molecule has 9 heteroatoms. The Balaban J connectivity index is 1.45. The third-order valence-electron chi connectivity index (χ3n) is 4.52. The first-order chi connectivity index (χ1) is 14.9. The van der Waals surface area contributed by atoms with Crippen molar-refractivity contribution < 1.29 is 14.3 Å². The molecule has 0 bridgehead atoms. The largest absolute Gasteiger partial charge is 0.486 e. The first-order valence-corrected chi connectivity index (χ1v) is 10.8. The molecular weight excluding hydrogens is 414 g/mol. The molecule has 3 aromatic rings. The molecule has 0 aliphatic rings. The van der Waals surface area contributed by atoms with Gasteiger partial charge >= 0.3 is 0 Å². The number of hydrogen-bond donors (Lipinski definition) is 2. The number of ketones is 1. The minimum Gasteiger partial charge on any atom is -0.486 e. The standard InChI is InChI=1S/C22H25N5O3S/c1-15(2)16-8-10-18(11-9-16)30-13-20-25-26-22(27(20)23)31-14-21(29)24-12-19(28)17-6-4-3-5-7-17/h3-11,15H,12-14,23H2,1-2H3,(H,24,29). The van der Waals surface area contributed by atoms with E-state index < -0.39 is 0 Å². The molecule has 8 nitrogen and oxygen atoms in total. The highest BCUT2D eigenvalue weighted by molar-refractivity contribution is 7.99. The Kier molecular flexibility index (Phi) is 7.66. The average molecular weight is 440 g/mol. The van der Waals surface area contributed by atoms with E-state index in [0.29, 0.717) is 28.2 Å². The molecule has 1 heterocycles. The van der Waals surface area contributed by atoms with Gasteiger partial charge in [-0.1, -0.05) is 68.1 Å². The average Bonchev–Trinajstić information content (AvgIpc) is 3.14. The lowest BCUT2D eigenvalue weighted by molar-refractivity contribution is -0.118. The van der Waals surface area contributed by atoms with E-state index in [-0.39, 0.29) is 30.6 Å². The molecule has 31 heavy (non-hydrogen) atoms. The number of hydrogen-bond acceptors (Lipinski definition) is 7. The second kappa shape index (κ2) is 10.6. The van der Waals surface area contributed by atoms with Crippen molar-refractivity contribution in [2.75, 3.05) is 18.1 Å². The van der Waals surface area contributed by atoms with Crippen molar-refractivity contribution in [1.29, 1.82) is 0 Å². The summed E-state index contributed by atoms with van der Waals surface area (Å²) in [4.78, 5) is 24.1. The molecule has 1 aromatic heterocycles. The number of Topliss-reactive ketones (excluding diaryl/α,β-unsaturated/α-hetero) is 1. The lowest BCUT2D eigenvalue weighted by Gasteiger charge is -2.09. The Morgan fingerprint density at radius 2 is 1.81 bits per heavy atom. The van der Waals surface area contributed by atoms with Gasteiger partial charge in [0.05, 0.1) is 12.3 Å². The SMILES string of the molecule is CC(C)c1ccc(OCc2nnc(SCC(=O)NCC(=O)c3ccccc3)n2N)cc1. The number of ether oxygens (including phenoxy) is 1. The van der Waals surface area contributed by atoms with Crippen molar-refractivity contribution in [3.8, 4) is 5.75 Å². The van der Waals surface area contributed by atoms with Crippen molar-refractivity contribution in [3.63, 3.8) is 0 Å². The van der Waals surface area contributed by atoms with Gasteiger partial charge in [-0.15, -0.1) is 10.2 Å². The number of amides is 1. The Bertz CT molecular complexity index is 1020. The van der Waals surface area contributed by atoms with E-state index in [4.69, 9.17) is 10.6 Å². The van der Waals surface area contributed by atoms with Crippen LogP contribution in [-0.4, -0.2) is 38.9 Å². The number of carbonyl (C=O) groups excluding carboxylic acids is 2. The van der Waals surface area contributed by atoms with Gasteiger partial charge in [0.1, 0.15) is 12.4 Å². The molecule has 3 N–H and O–H groups in total. The van der Waals surface area contributed by atoms with E-state index in [1.807, 2.05) is 30.3 Å². The van der Waals surface area contributed by atoms with Crippen molar-refractivity contribution in [1.82, 2.24) is 20.2 Å². The van der Waals surface area contributed by atoms with Crippen molar-refractivity contribution in [3.05, 3.63) is 71.5 Å². The third kappa shape index (κ3) is 6.32. The molecule has 162 valence electrons. The molecule has 0 aliphatic heterocycles. The summed E-state index contributed by atoms with van der Waals surface area (Å²) in [5.74, 6) is 7.25. The number of nitrogens with two attached hydrogens (primary N) is 1. The highest BCUT2D eigenvalue weighted by atomic mass is 32.2. The first kappa shape index (κ1) is 22.4. The molecule has 0 radical (unpaired) electrons. The minimum atomic E-state index is -0.291. The topological polar surface area (TPSA) is 112 Å². The quantitative estimate of drug-likeness (QED) is 0.284. The number of thioether (sulfide) groups is 1. The molecule has 0 saturated heterocycles. The van der Waals surface area contributed by atoms with Gasteiger partial charge in [0, 0.05) is 5.56 Å². The molecule has 0 atom stereocenters. The fourth-order valence-electron chi connectivity index (χ4n) is 2.69. The summed E-state index contributed by atoms with van der Waals surface area (Å²) in [5.41, 5.74) is 1.79. The molecular formula is C22H25N5O3S. The lowest BCUT2D eigenvalue weighted by atomic mass is 10.0. The van der Waals surface area contributed by atoms with Gasteiger partial charge in [-0.25, -0.2) is 4.68 Å². The van der Waals surface area contributed by atoms with Gasteiger partial charge in [-0.3, -0.25) is 9.59 Å². The zero-order valence-electron chi connectivity index (χ0n) is 17.4. The van der Waals surface area contributed by atoms with Crippen LogP contribution in [-0.2, 0) is 11.4 Å². The maximum atomic E-state index is 12.0. The zero-order valence-corrected chi connectivity index (χ0v) is 18.3. The number of nitrogens with zero attached hydrogens (tertiary/aromatic N) is 3. The van der Waals surface area contributed by atoms with E-state index in [9.17, 15) is 9.59 Å². The fraction of sp³-hybridized carbons (Fsp3) is 0.273. The molecule has 0 spiro atoms. The minimum absolute atomic E-state index is 0.0621. The Morgan fingerprint density at radius 3 is 2.48 bits per heavy atom. The molecule has 1 amide bonds. The van der Waals surface area contributed by atoms with Crippen LogP contribution in [0.15, 0.2) is 59.8 Å². The summed E-state index contributed by atoms with van der Waals surface area (Å²) in [6.07, 6.45) is 0. The summed E-state index contributed by atoms with van der Waals surface area (Å²) in [6, 6.07) is 16.7. The summed E-state index contributed by atoms with van der Waals surface area (Å²) in [5, 5.41) is 11.0. The maximum Gasteiger partial charge on any atom is 0.230 e. The summed E-state index contributed by atoms with van der Waals surface area (Å²) < 4.78 is 7.03. The fourth-order valence-corrected chi connectivity index (χ4v) is 3.39.